The third kappa shape index (κ3) is 2.58. The van der Waals surface area contributed by atoms with E-state index >= 15 is 0 Å². The van der Waals surface area contributed by atoms with Crippen molar-refractivity contribution in [3.8, 4) is 0 Å². The highest BCUT2D eigenvalue weighted by Crippen LogP contribution is 2.34. The lowest BCUT2D eigenvalue weighted by atomic mass is 9.89. The summed E-state index contributed by atoms with van der Waals surface area (Å²) in [5.74, 6) is -1.27. The van der Waals surface area contributed by atoms with Crippen molar-refractivity contribution in [1.82, 2.24) is 0 Å². The molecule has 1 unspecified atom stereocenters. The lowest BCUT2D eigenvalue weighted by Crippen LogP contribution is -2.37. The van der Waals surface area contributed by atoms with Crippen LogP contribution in [-0.4, -0.2) is 30.1 Å². The van der Waals surface area contributed by atoms with Crippen molar-refractivity contribution in [2.75, 3.05) is 18.0 Å². The van der Waals surface area contributed by atoms with E-state index < -0.39 is 11.4 Å². The number of benzene rings is 1. The second kappa shape index (κ2) is 4.85. The van der Waals surface area contributed by atoms with Crippen LogP contribution in [0.1, 0.15) is 23.7 Å². The van der Waals surface area contributed by atoms with E-state index in [4.69, 9.17) is 10.8 Å². The fraction of sp³-hybridized carbons (Fsp3) is 0.385. The second-order valence-corrected chi connectivity index (χ2v) is 5.92. The number of carbonyl (C=O) groups is 2. The third-order valence-electron chi connectivity index (χ3n) is 3.62. The Kier molecular flexibility index (Phi) is 3.54. The van der Waals surface area contributed by atoms with Gasteiger partial charge in [-0.2, -0.15) is 0 Å². The van der Waals surface area contributed by atoms with Crippen molar-refractivity contribution in [3.05, 3.63) is 28.2 Å². The Morgan fingerprint density at radius 2 is 2.16 bits per heavy atom. The Morgan fingerprint density at radius 3 is 2.63 bits per heavy atom. The zero-order valence-electron chi connectivity index (χ0n) is 10.5. The molecule has 0 spiro atoms. The standard InChI is InChI=1S/C13H15BrN2O3/c1-13(12(15)19)4-5-16(7-13)8-2-3-9(11(17)18)10(14)6-8/h2-3,6H,4-5,7H2,1H3,(H2,15,19)(H,17,18). The van der Waals surface area contributed by atoms with Crippen molar-refractivity contribution in [3.63, 3.8) is 0 Å². The van der Waals surface area contributed by atoms with Crippen LogP contribution in [0.15, 0.2) is 22.7 Å². The molecule has 0 bridgehead atoms. The Bertz CT molecular complexity index is 547. The maximum absolute atomic E-state index is 11.4. The number of anilines is 1. The zero-order valence-corrected chi connectivity index (χ0v) is 12.1. The summed E-state index contributed by atoms with van der Waals surface area (Å²) >= 11 is 3.25. The average Bonchev–Trinajstić information content (AvgIpc) is 2.73. The summed E-state index contributed by atoms with van der Waals surface area (Å²) < 4.78 is 0.533. The van der Waals surface area contributed by atoms with Gasteiger partial charge < -0.3 is 15.7 Å². The number of carboxylic acid groups (broad SMARTS) is 1. The van der Waals surface area contributed by atoms with Crippen molar-refractivity contribution in [2.45, 2.75) is 13.3 Å². The molecule has 1 saturated heterocycles. The minimum Gasteiger partial charge on any atom is -0.478 e. The molecule has 1 amide bonds. The highest BCUT2D eigenvalue weighted by atomic mass is 79.9. The summed E-state index contributed by atoms with van der Waals surface area (Å²) in [6.45, 7) is 3.15. The predicted molar refractivity (Wildman–Crippen MR) is 75.2 cm³/mol. The smallest absolute Gasteiger partial charge is 0.336 e. The molecule has 1 aliphatic heterocycles. The minimum absolute atomic E-state index is 0.223. The van der Waals surface area contributed by atoms with Crippen molar-refractivity contribution in [1.29, 1.82) is 0 Å². The highest BCUT2D eigenvalue weighted by Gasteiger charge is 2.39. The van der Waals surface area contributed by atoms with E-state index in [1.165, 1.54) is 0 Å². The van der Waals surface area contributed by atoms with E-state index in [2.05, 4.69) is 15.9 Å². The molecule has 1 aromatic carbocycles. The topological polar surface area (TPSA) is 83.6 Å². The molecule has 1 aliphatic rings. The second-order valence-electron chi connectivity index (χ2n) is 5.07. The Balaban J connectivity index is 2.23. The predicted octanol–water partition coefficient (Wildman–Crippen LogP) is 1.85. The first-order chi connectivity index (χ1) is 8.83. The van der Waals surface area contributed by atoms with E-state index in [9.17, 15) is 9.59 Å². The number of nitrogens with zero attached hydrogens (tertiary/aromatic N) is 1. The van der Waals surface area contributed by atoms with E-state index in [0.717, 1.165) is 12.2 Å². The number of rotatable bonds is 3. The van der Waals surface area contributed by atoms with Crippen molar-refractivity contribution in [2.24, 2.45) is 11.1 Å². The van der Waals surface area contributed by atoms with Crippen LogP contribution in [0.5, 0.6) is 0 Å². The molecule has 0 aliphatic carbocycles. The van der Waals surface area contributed by atoms with E-state index in [1.807, 2.05) is 11.8 Å². The number of hydrogen-bond donors (Lipinski definition) is 2. The van der Waals surface area contributed by atoms with Gasteiger partial charge in [0.1, 0.15) is 0 Å². The van der Waals surface area contributed by atoms with Crippen LogP contribution in [0.25, 0.3) is 0 Å². The quantitative estimate of drug-likeness (QED) is 0.887. The number of carbonyl (C=O) groups excluding carboxylic acids is 1. The van der Waals surface area contributed by atoms with Gasteiger partial charge in [0, 0.05) is 23.2 Å². The number of primary amides is 1. The molecule has 3 N–H and O–H groups in total. The van der Waals surface area contributed by atoms with Gasteiger partial charge in [-0.3, -0.25) is 4.79 Å². The summed E-state index contributed by atoms with van der Waals surface area (Å²) in [7, 11) is 0. The van der Waals surface area contributed by atoms with Crippen LogP contribution >= 0.6 is 15.9 Å². The average molecular weight is 327 g/mol. The molecule has 6 heteroatoms. The van der Waals surface area contributed by atoms with Gasteiger partial charge in [0.05, 0.1) is 11.0 Å². The molecular weight excluding hydrogens is 312 g/mol. The summed E-state index contributed by atoms with van der Waals surface area (Å²) in [6, 6.07) is 5.07. The van der Waals surface area contributed by atoms with Crippen molar-refractivity contribution < 1.29 is 14.7 Å². The molecule has 1 fully saturated rings. The first kappa shape index (κ1) is 13.9. The van der Waals surface area contributed by atoms with Crippen LogP contribution in [0, 0.1) is 5.41 Å². The molecule has 1 aromatic rings. The van der Waals surface area contributed by atoms with Gasteiger partial charge in [-0.1, -0.05) is 0 Å². The number of amides is 1. The Morgan fingerprint density at radius 1 is 1.47 bits per heavy atom. The molecule has 0 aromatic heterocycles. The first-order valence-corrected chi connectivity index (χ1v) is 6.70. The van der Waals surface area contributed by atoms with Crippen LogP contribution in [-0.2, 0) is 4.79 Å². The van der Waals surface area contributed by atoms with E-state index in [0.29, 0.717) is 17.4 Å². The fourth-order valence-corrected chi connectivity index (χ4v) is 2.79. The molecule has 1 heterocycles. The molecule has 2 rings (SSSR count). The number of halogens is 1. The molecule has 0 radical (unpaired) electrons. The van der Waals surface area contributed by atoms with Crippen LogP contribution in [0.4, 0.5) is 5.69 Å². The highest BCUT2D eigenvalue weighted by molar-refractivity contribution is 9.10. The molecular formula is C13H15BrN2O3. The zero-order chi connectivity index (χ0) is 14.2. The van der Waals surface area contributed by atoms with Crippen LogP contribution in [0.3, 0.4) is 0 Å². The molecule has 1 atom stereocenters. The normalized spacial score (nSPS) is 22.5. The summed E-state index contributed by atoms with van der Waals surface area (Å²) in [4.78, 5) is 24.4. The number of hydrogen-bond acceptors (Lipinski definition) is 3. The SMILES string of the molecule is CC1(C(N)=O)CCN(c2ccc(C(=O)O)c(Br)c2)C1. The summed E-state index contributed by atoms with van der Waals surface area (Å²) in [6.07, 6.45) is 0.709. The van der Waals surface area contributed by atoms with Gasteiger partial charge in [-0.15, -0.1) is 0 Å². The number of aromatic carboxylic acids is 1. The fourth-order valence-electron chi connectivity index (χ4n) is 2.26. The molecule has 19 heavy (non-hydrogen) atoms. The van der Waals surface area contributed by atoms with E-state index in [1.54, 1.807) is 18.2 Å². The maximum Gasteiger partial charge on any atom is 0.336 e. The number of carboxylic acids is 1. The number of nitrogens with two attached hydrogens (primary N) is 1. The van der Waals surface area contributed by atoms with Crippen LogP contribution in [0.2, 0.25) is 0 Å². The lowest BCUT2D eigenvalue weighted by molar-refractivity contribution is -0.125. The molecule has 5 nitrogen and oxygen atoms in total. The Labute approximate surface area is 119 Å². The largest absolute Gasteiger partial charge is 0.478 e. The van der Waals surface area contributed by atoms with Gasteiger partial charge in [-0.25, -0.2) is 4.79 Å². The molecule has 102 valence electrons. The summed E-state index contributed by atoms with van der Waals surface area (Å²) in [5.41, 5.74) is 6.01. The minimum atomic E-state index is -0.971. The third-order valence-corrected chi connectivity index (χ3v) is 4.27. The van der Waals surface area contributed by atoms with Gasteiger partial charge in [0.25, 0.3) is 0 Å². The van der Waals surface area contributed by atoms with Gasteiger partial charge in [0.15, 0.2) is 0 Å². The van der Waals surface area contributed by atoms with Crippen molar-refractivity contribution >= 4 is 33.5 Å². The van der Waals surface area contributed by atoms with Crippen LogP contribution < -0.4 is 10.6 Å². The first-order valence-electron chi connectivity index (χ1n) is 5.91. The van der Waals surface area contributed by atoms with Gasteiger partial charge in [0.2, 0.25) is 5.91 Å². The summed E-state index contributed by atoms with van der Waals surface area (Å²) in [5, 5.41) is 8.97. The van der Waals surface area contributed by atoms with Gasteiger partial charge in [-0.05, 0) is 47.5 Å². The molecule has 0 saturated carbocycles. The van der Waals surface area contributed by atoms with E-state index in [-0.39, 0.29) is 11.5 Å². The maximum atomic E-state index is 11.4. The monoisotopic (exact) mass is 326 g/mol. The lowest BCUT2D eigenvalue weighted by Gasteiger charge is -2.23. The van der Waals surface area contributed by atoms with Gasteiger partial charge >= 0.3 is 5.97 Å². The Hall–Kier alpha value is -1.56.